The van der Waals surface area contributed by atoms with Gasteiger partial charge in [0.05, 0.1) is 17.0 Å². The van der Waals surface area contributed by atoms with E-state index >= 15 is 0 Å². The number of anilines is 1. The first-order valence-electron chi connectivity index (χ1n) is 9.24. The highest BCUT2D eigenvalue weighted by Gasteiger charge is 2.28. The Labute approximate surface area is 174 Å². The molecule has 0 saturated heterocycles. The SMILES string of the molecule is CC1=NN(c2cccc(Cl)c2)C(=O)C1=Cc1ccc(OCc2ccccc2)cc1. The van der Waals surface area contributed by atoms with E-state index < -0.39 is 0 Å². The van der Waals surface area contributed by atoms with Crippen molar-refractivity contribution in [3.05, 3.63) is 101 Å². The van der Waals surface area contributed by atoms with E-state index in [2.05, 4.69) is 5.10 Å². The number of hydrazone groups is 1. The molecule has 0 radical (unpaired) electrons. The van der Waals surface area contributed by atoms with Crippen LogP contribution in [0.5, 0.6) is 5.75 Å². The minimum Gasteiger partial charge on any atom is -0.489 e. The molecule has 0 N–H and O–H groups in total. The maximum atomic E-state index is 12.8. The number of halogens is 1. The van der Waals surface area contributed by atoms with Crippen LogP contribution < -0.4 is 9.75 Å². The van der Waals surface area contributed by atoms with Crippen molar-refractivity contribution < 1.29 is 9.53 Å². The van der Waals surface area contributed by atoms with Gasteiger partial charge in [0.2, 0.25) is 0 Å². The number of rotatable bonds is 5. The largest absolute Gasteiger partial charge is 0.489 e. The van der Waals surface area contributed by atoms with Crippen LogP contribution in [-0.2, 0) is 11.4 Å². The molecular formula is C24H19ClN2O2. The molecule has 1 heterocycles. The molecule has 0 atom stereocenters. The molecule has 0 bridgehead atoms. The lowest BCUT2D eigenvalue weighted by atomic mass is 10.1. The Morgan fingerprint density at radius 1 is 1.00 bits per heavy atom. The summed E-state index contributed by atoms with van der Waals surface area (Å²) in [7, 11) is 0. The van der Waals surface area contributed by atoms with E-state index in [1.54, 1.807) is 18.2 Å². The third-order valence-corrected chi connectivity index (χ3v) is 4.79. The molecule has 144 valence electrons. The summed E-state index contributed by atoms with van der Waals surface area (Å²) in [4.78, 5) is 12.8. The highest BCUT2D eigenvalue weighted by atomic mass is 35.5. The van der Waals surface area contributed by atoms with E-state index in [0.29, 0.717) is 28.6 Å². The van der Waals surface area contributed by atoms with Crippen LogP contribution in [0, 0.1) is 0 Å². The molecule has 5 heteroatoms. The number of benzene rings is 3. The summed E-state index contributed by atoms with van der Waals surface area (Å²) >= 11 is 6.04. The third kappa shape index (κ3) is 4.39. The fourth-order valence-electron chi connectivity index (χ4n) is 3.04. The number of hydrogen-bond donors (Lipinski definition) is 0. The van der Waals surface area contributed by atoms with Gasteiger partial charge < -0.3 is 4.74 Å². The summed E-state index contributed by atoms with van der Waals surface area (Å²) in [6, 6.07) is 24.8. The Hall–Kier alpha value is -3.37. The summed E-state index contributed by atoms with van der Waals surface area (Å²) in [5.41, 5.74) is 3.89. The van der Waals surface area contributed by atoms with Crippen LogP contribution >= 0.6 is 11.6 Å². The van der Waals surface area contributed by atoms with Crippen LogP contribution in [0.15, 0.2) is 89.5 Å². The van der Waals surface area contributed by atoms with Gasteiger partial charge in [0.1, 0.15) is 12.4 Å². The topological polar surface area (TPSA) is 41.9 Å². The maximum absolute atomic E-state index is 12.8. The smallest absolute Gasteiger partial charge is 0.280 e. The van der Waals surface area contributed by atoms with E-state index in [1.807, 2.05) is 73.7 Å². The molecule has 29 heavy (non-hydrogen) atoms. The van der Waals surface area contributed by atoms with Gasteiger partial charge in [-0.2, -0.15) is 10.1 Å². The first kappa shape index (κ1) is 19.0. The molecule has 4 nitrogen and oxygen atoms in total. The van der Waals surface area contributed by atoms with Crippen LogP contribution in [0.2, 0.25) is 5.02 Å². The minimum atomic E-state index is -0.172. The van der Waals surface area contributed by atoms with Gasteiger partial charge in [-0.05, 0) is 54.5 Å². The maximum Gasteiger partial charge on any atom is 0.280 e. The Bertz CT molecular complexity index is 1090. The number of amides is 1. The second kappa shape index (κ2) is 8.33. The average molecular weight is 403 g/mol. The fraction of sp³-hybridized carbons (Fsp3) is 0.0833. The zero-order valence-corrected chi connectivity index (χ0v) is 16.6. The van der Waals surface area contributed by atoms with Crippen molar-refractivity contribution in [2.24, 2.45) is 5.10 Å². The predicted octanol–water partition coefficient (Wildman–Crippen LogP) is 5.73. The zero-order valence-electron chi connectivity index (χ0n) is 15.9. The number of hydrogen-bond acceptors (Lipinski definition) is 3. The van der Waals surface area contributed by atoms with E-state index in [-0.39, 0.29) is 5.91 Å². The van der Waals surface area contributed by atoms with Crippen LogP contribution in [0.1, 0.15) is 18.1 Å². The van der Waals surface area contributed by atoms with Crippen molar-refractivity contribution in [2.75, 3.05) is 5.01 Å². The van der Waals surface area contributed by atoms with Gasteiger partial charge >= 0.3 is 0 Å². The van der Waals surface area contributed by atoms with Crippen molar-refractivity contribution in [1.29, 1.82) is 0 Å². The Kier molecular flexibility index (Phi) is 5.45. The lowest BCUT2D eigenvalue weighted by molar-refractivity contribution is -0.114. The lowest BCUT2D eigenvalue weighted by Crippen LogP contribution is -2.21. The second-order valence-corrected chi connectivity index (χ2v) is 7.12. The molecule has 0 aromatic heterocycles. The first-order chi connectivity index (χ1) is 14.1. The van der Waals surface area contributed by atoms with Gasteiger partial charge in [-0.1, -0.05) is 60.1 Å². The van der Waals surface area contributed by atoms with Crippen LogP contribution in [-0.4, -0.2) is 11.6 Å². The van der Waals surface area contributed by atoms with Gasteiger partial charge in [0, 0.05) is 5.02 Å². The van der Waals surface area contributed by atoms with Gasteiger partial charge in [-0.15, -0.1) is 0 Å². The summed E-state index contributed by atoms with van der Waals surface area (Å²) in [6.07, 6.45) is 1.84. The molecule has 0 fully saturated rings. The Morgan fingerprint density at radius 2 is 1.76 bits per heavy atom. The second-order valence-electron chi connectivity index (χ2n) is 6.68. The molecule has 1 aliphatic heterocycles. The zero-order chi connectivity index (χ0) is 20.2. The minimum absolute atomic E-state index is 0.172. The van der Waals surface area contributed by atoms with E-state index in [0.717, 1.165) is 16.9 Å². The molecule has 1 amide bonds. The highest BCUT2D eigenvalue weighted by molar-refractivity contribution is 6.33. The fourth-order valence-corrected chi connectivity index (χ4v) is 3.22. The molecule has 3 aromatic carbocycles. The summed E-state index contributed by atoms with van der Waals surface area (Å²) in [5.74, 6) is 0.605. The highest BCUT2D eigenvalue weighted by Crippen LogP contribution is 2.27. The van der Waals surface area contributed by atoms with E-state index in [1.165, 1.54) is 5.01 Å². The molecule has 0 aliphatic carbocycles. The van der Waals surface area contributed by atoms with Gasteiger partial charge in [0.15, 0.2) is 0 Å². The van der Waals surface area contributed by atoms with Crippen LogP contribution in [0.25, 0.3) is 6.08 Å². The normalized spacial score (nSPS) is 15.0. The lowest BCUT2D eigenvalue weighted by Gasteiger charge is -2.11. The standard InChI is InChI=1S/C24H19ClN2O2/c1-17-23(24(28)27(26-17)21-9-5-8-20(25)15-21)14-18-10-12-22(13-11-18)29-16-19-6-3-2-4-7-19/h2-15H,16H2,1H3. The van der Waals surface area contributed by atoms with Crippen molar-refractivity contribution in [3.63, 3.8) is 0 Å². The quantitative estimate of drug-likeness (QED) is 0.512. The van der Waals surface area contributed by atoms with Gasteiger partial charge in [-0.25, -0.2) is 0 Å². The van der Waals surface area contributed by atoms with Crippen molar-refractivity contribution in [2.45, 2.75) is 13.5 Å². The number of nitrogens with zero attached hydrogens (tertiary/aromatic N) is 2. The van der Waals surface area contributed by atoms with Crippen molar-refractivity contribution in [3.8, 4) is 5.75 Å². The number of carbonyl (C=O) groups is 1. The summed E-state index contributed by atoms with van der Waals surface area (Å²) < 4.78 is 5.81. The molecule has 1 aliphatic rings. The number of ether oxygens (including phenoxy) is 1. The van der Waals surface area contributed by atoms with Gasteiger partial charge in [0.25, 0.3) is 5.91 Å². The number of carbonyl (C=O) groups excluding carboxylic acids is 1. The molecule has 0 saturated carbocycles. The predicted molar refractivity (Wildman–Crippen MR) is 117 cm³/mol. The van der Waals surface area contributed by atoms with Gasteiger partial charge in [-0.3, -0.25) is 4.79 Å². The van der Waals surface area contributed by atoms with E-state index in [4.69, 9.17) is 16.3 Å². The summed E-state index contributed by atoms with van der Waals surface area (Å²) in [5, 5.41) is 6.33. The Morgan fingerprint density at radius 3 is 2.48 bits per heavy atom. The van der Waals surface area contributed by atoms with Crippen molar-refractivity contribution >= 4 is 35.0 Å². The molecule has 0 spiro atoms. The average Bonchev–Trinajstić information content (AvgIpc) is 3.02. The summed E-state index contributed by atoms with van der Waals surface area (Å²) in [6.45, 7) is 2.34. The molecule has 0 unspecified atom stereocenters. The Balaban J connectivity index is 1.48. The molecular weight excluding hydrogens is 384 g/mol. The van der Waals surface area contributed by atoms with Crippen LogP contribution in [0.4, 0.5) is 5.69 Å². The van der Waals surface area contributed by atoms with E-state index in [9.17, 15) is 4.79 Å². The first-order valence-corrected chi connectivity index (χ1v) is 9.62. The third-order valence-electron chi connectivity index (χ3n) is 4.55. The molecule has 4 rings (SSSR count). The van der Waals surface area contributed by atoms with Crippen LogP contribution in [0.3, 0.4) is 0 Å². The monoisotopic (exact) mass is 402 g/mol. The molecule has 3 aromatic rings. The van der Waals surface area contributed by atoms with Crippen molar-refractivity contribution in [1.82, 2.24) is 0 Å².